The number of esters is 1. The van der Waals surface area contributed by atoms with Gasteiger partial charge in [-0.05, 0) is 6.92 Å². The van der Waals surface area contributed by atoms with Crippen LogP contribution in [0.5, 0.6) is 0 Å². The molecule has 7 nitrogen and oxygen atoms in total. The van der Waals surface area contributed by atoms with E-state index < -0.39 is 12.0 Å². The number of aromatic nitrogens is 3. The van der Waals surface area contributed by atoms with Crippen LogP contribution in [0, 0.1) is 0 Å². The van der Waals surface area contributed by atoms with E-state index in [1.165, 1.54) is 18.0 Å². The van der Waals surface area contributed by atoms with Gasteiger partial charge in [-0.3, -0.25) is 4.79 Å². The Labute approximate surface area is 99.0 Å². The molecular formula is C8H15ClN4O3. The molecule has 0 aromatic carbocycles. The van der Waals surface area contributed by atoms with Crippen LogP contribution in [0.1, 0.15) is 18.7 Å². The highest BCUT2D eigenvalue weighted by Crippen LogP contribution is 2.09. The number of methoxy groups -OCH3 is 1. The summed E-state index contributed by atoms with van der Waals surface area (Å²) in [5.74, 6) is -0.511. The molecule has 0 aliphatic heterocycles. The number of aliphatic hydroxyl groups excluding tert-OH is 1. The molecule has 2 atom stereocenters. The zero-order valence-electron chi connectivity index (χ0n) is 9.03. The highest BCUT2D eigenvalue weighted by atomic mass is 35.5. The normalized spacial score (nSPS) is 13.8. The SMILES string of the molecule is COC(=O)C(N)C(C)n1cc(CO)nn1.Cl. The number of carbonyl (C=O) groups is 1. The zero-order chi connectivity index (χ0) is 11.4. The van der Waals surface area contributed by atoms with Crippen LogP contribution in [0.15, 0.2) is 6.20 Å². The summed E-state index contributed by atoms with van der Waals surface area (Å²) in [6, 6.07) is -1.17. The summed E-state index contributed by atoms with van der Waals surface area (Å²) in [6.45, 7) is 1.53. The van der Waals surface area contributed by atoms with Crippen LogP contribution in [0.3, 0.4) is 0 Å². The van der Waals surface area contributed by atoms with Crippen molar-refractivity contribution in [1.82, 2.24) is 15.0 Å². The maximum absolute atomic E-state index is 11.1. The van der Waals surface area contributed by atoms with E-state index in [-0.39, 0.29) is 25.1 Å². The molecule has 0 radical (unpaired) electrons. The largest absolute Gasteiger partial charge is 0.468 e. The highest BCUT2D eigenvalue weighted by molar-refractivity contribution is 5.85. The number of nitrogens with two attached hydrogens (primary N) is 1. The van der Waals surface area contributed by atoms with Crippen molar-refractivity contribution in [3.05, 3.63) is 11.9 Å². The second-order valence-corrected chi connectivity index (χ2v) is 3.14. The Bertz CT molecular complexity index is 344. The fourth-order valence-electron chi connectivity index (χ4n) is 1.08. The van der Waals surface area contributed by atoms with Gasteiger partial charge in [-0.2, -0.15) is 0 Å². The number of hydrogen-bond acceptors (Lipinski definition) is 6. The molecule has 8 heteroatoms. The van der Waals surface area contributed by atoms with Crippen LogP contribution in [-0.4, -0.2) is 39.2 Å². The average Bonchev–Trinajstić information content (AvgIpc) is 2.74. The van der Waals surface area contributed by atoms with Crippen molar-refractivity contribution >= 4 is 18.4 Å². The maximum Gasteiger partial charge on any atom is 0.324 e. The molecule has 0 bridgehead atoms. The molecule has 0 amide bonds. The summed E-state index contributed by atoms with van der Waals surface area (Å²) in [6.07, 6.45) is 1.54. The predicted octanol–water partition coefficient (Wildman–Crippen LogP) is -0.747. The van der Waals surface area contributed by atoms with Gasteiger partial charge >= 0.3 is 5.97 Å². The smallest absolute Gasteiger partial charge is 0.324 e. The van der Waals surface area contributed by atoms with E-state index in [0.29, 0.717) is 5.69 Å². The molecule has 0 aliphatic rings. The molecule has 16 heavy (non-hydrogen) atoms. The molecule has 1 rings (SSSR count). The van der Waals surface area contributed by atoms with Crippen molar-refractivity contribution in [1.29, 1.82) is 0 Å². The zero-order valence-corrected chi connectivity index (χ0v) is 9.85. The molecule has 0 saturated heterocycles. The topological polar surface area (TPSA) is 103 Å². The number of halogens is 1. The molecule has 0 saturated carbocycles. The first-order valence-corrected chi connectivity index (χ1v) is 4.45. The van der Waals surface area contributed by atoms with E-state index in [1.54, 1.807) is 6.92 Å². The maximum atomic E-state index is 11.1. The Morgan fingerprint density at radius 2 is 2.38 bits per heavy atom. The monoisotopic (exact) mass is 250 g/mol. The van der Waals surface area contributed by atoms with Gasteiger partial charge in [0, 0.05) is 0 Å². The van der Waals surface area contributed by atoms with Gasteiger partial charge in [-0.1, -0.05) is 5.21 Å². The highest BCUT2D eigenvalue weighted by Gasteiger charge is 2.23. The second kappa shape index (κ2) is 6.41. The molecule has 0 aliphatic carbocycles. The summed E-state index contributed by atoms with van der Waals surface area (Å²) < 4.78 is 5.94. The first kappa shape index (κ1) is 14.8. The van der Waals surface area contributed by atoms with Crippen LogP contribution in [0.2, 0.25) is 0 Å². The number of aliphatic hydroxyl groups is 1. The summed E-state index contributed by atoms with van der Waals surface area (Å²) in [4.78, 5) is 11.1. The lowest BCUT2D eigenvalue weighted by Crippen LogP contribution is -2.39. The van der Waals surface area contributed by atoms with Gasteiger partial charge in [0.05, 0.1) is 26.0 Å². The van der Waals surface area contributed by atoms with E-state index in [0.717, 1.165) is 0 Å². The molecule has 1 heterocycles. The lowest BCUT2D eigenvalue weighted by Gasteiger charge is -2.16. The van der Waals surface area contributed by atoms with E-state index in [4.69, 9.17) is 10.8 Å². The number of nitrogens with zero attached hydrogens (tertiary/aromatic N) is 3. The Morgan fingerprint density at radius 3 is 2.81 bits per heavy atom. The fraction of sp³-hybridized carbons (Fsp3) is 0.625. The molecule has 2 unspecified atom stereocenters. The summed E-state index contributed by atoms with van der Waals surface area (Å²) >= 11 is 0. The summed E-state index contributed by atoms with van der Waals surface area (Å²) in [5, 5.41) is 16.2. The van der Waals surface area contributed by atoms with Gasteiger partial charge in [0.25, 0.3) is 0 Å². The first-order valence-electron chi connectivity index (χ1n) is 4.45. The Balaban J connectivity index is 0.00000225. The van der Waals surface area contributed by atoms with Crippen molar-refractivity contribution in [2.24, 2.45) is 5.73 Å². The number of rotatable bonds is 4. The second-order valence-electron chi connectivity index (χ2n) is 3.14. The van der Waals surface area contributed by atoms with Gasteiger partial charge in [0.15, 0.2) is 0 Å². The molecule has 1 aromatic rings. The first-order chi connectivity index (χ1) is 7.10. The number of carbonyl (C=O) groups excluding carboxylic acids is 1. The predicted molar refractivity (Wildman–Crippen MR) is 57.9 cm³/mol. The minimum absolute atomic E-state index is 0. The van der Waals surface area contributed by atoms with Crippen molar-refractivity contribution in [2.45, 2.75) is 25.6 Å². The summed E-state index contributed by atoms with van der Waals surface area (Å²) in [7, 11) is 1.27. The Hall–Kier alpha value is -1.18. The number of ether oxygens (including phenoxy) is 1. The Kier molecular flexibility index (Phi) is 5.94. The fourth-order valence-corrected chi connectivity index (χ4v) is 1.08. The van der Waals surface area contributed by atoms with Crippen molar-refractivity contribution in [3.8, 4) is 0 Å². The van der Waals surface area contributed by atoms with Gasteiger partial charge in [0.2, 0.25) is 0 Å². The van der Waals surface area contributed by atoms with Crippen LogP contribution in [0.25, 0.3) is 0 Å². The summed E-state index contributed by atoms with van der Waals surface area (Å²) in [5.41, 5.74) is 6.06. The van der Waals surface area contributed by atoms with E-state index in [9.17, 15) is 4.79 Å². The third kappa shape index (κ3) is 3.16. The lowest BCUT2D eigenvalue weighted by atomic mass is 10.1. The van der Waals surface area contributed by atoms with E-state index in [1.807, 2.05) is 0 Å². The van der Waals surface area contributed by atoms with Crippen LogP contribution in [0.4, 0.5) is 0 Å². The van der Waals surface area contributed by atoms with Gasteiger partial charge in [-0.25, -0.2) is 4.68 Å². The van der Waals surface area contributed by atoms with Crippen molar-refractivity contribution in [2.75, 3.05) is 7.11 Å². The molecule has 0 fully saturated rings. The average molecular weight is 251 g/mol. The molecule has 92 valence electrons. The van der Waals surface area contributed by atoms with E-state index in [2.05, 4.69) is 15.0 Å². The molecule has 3 N–H and O–H groups in total. The minimum Gasteiger partial charge on any atom is -0.468 e. The van der Waals surface area contributed by atoms with Crippen LogP contribution < -0.4 is 5.73 Å². The molecular weight excluding hydrogens is 236 g/mol. The van der Waals surface area contributed by atoms with E-state index >= 15 is 0 Å². The van der Waals surface area contributed by atoms with Crippen LogP contribution in [-0.2, 0) is 16.1 Å². The van der Waals surface area contributed by atoms with Gasteiger partial charge < -0.3 is 15.6 Å². The molecule has 1 aromatic heterocycles. The lowest BCUT2D eigenvalue weighted by molar-refractivity contribution is -0.143. The van der Waals surface area contributed by atoms with Crippen LogP contribution >= 0.6 is 12.4 Å². The van der Waals surface area contributed by atoms with Gasteiger partial charge in [0.1, 0.15) is 11.7 Å². The quantitative estimate of drug-likeness (QED) is 0.682. The Morgan fingerprint density at radius 1 is 1.75 bits per heavy atom. The van der Waals surface area contributed by atoms with Crippen molar-refractivity contribution < 1.29 is 14.6 Å². The minimum atomic E-state index is -0.803. The van der Waals surface area contributed by atoms with Crippen molar-refractivity contribution in [3.63, 3.8) is 0 Å². The standard InChI is InChI=1S/C8H14N4O3.ClH/c1-5(7(9)8(14)15-2)12-3-6(4-13)10-11-12;/h3,5,7,13H,4,9H2,1-2H3;1H. The molecule has 0 spiro atoms. The number of hydrogen-bond donors (Lipinski definition) is 2. The third-order valence-electron chi connectivity index (χ3n) is 2.13. The van der Waals surface area contributed by atoms with Gasteiger partial charge in [-0.15, -0.1) is 17.5 Å². The third-order valence-corrected chi connectivity index (χ3v) is 2.13.